The smallest absolute Gasteiger partial charge is 0.119 e. The largest absolute Gasteiger partial charge is 0.490 e. The monoisotopic (exact) mass is 281 g/mol. The Kier molecular flexibility index (Phi) is 4.56. The second-order valence-corrected chi connectivity index (χ2v) is 5.97. The van der Waals surface area contributed by atoms with E-state index in [1.54, 1.807) is 0 Å². The van der Waals surface area contributed by atoms with Gasteiger partial charge in [0, 0.05) is 6.04 Å². The molecule has 110 valence electrons. The average Bonchev–Trinajstić information content (AvgIpc) is 2.50. The van der Waals surface area contributed by atoms with Crippen molar-refractivity contribution in [2.24, 2.45) is 5.73 Å². The van der Waals surface area contributed by atoms with Crippen LogP contribution in [0.5, 0.6) is 5.75 Å². The van der Waals surface area contributed by atoms with Gasteiger partial charge in [-0.25, -0.2) is 0 Å². The van der Waals surface area contributed by atoms with Crippen LogP contribution in [0, 0.1) is 0 Å². The van der Waals surface area contributed by atoms with Crippen LogP contribution in [0.1, 0.15) is 36.8 Å². The highest BCUT2D eigenvalue weighted by Gasteiger charge is 2.20. The molecule has 21 heavy (non-hydrogen) atoms. The molecule has 3 rings (SSSR count). The Morgan fingerprint density at radius 3 is 2.33 bits per heavy atom. The van der Waals surface area contributed by atoms with Gasteiger partial charge in [0.05, 0.1) is 0 Å². The van der Waals surface area contributed by atoms with E-state index < -0.39 is 0 Å². The standard InChI is InChI=1S/C19H23NO/c20-17-7-4-8-19(14-17)21-18-11-9-16(10-12-18)13-15-5-2-1-3-6-15/h1-3,5-6,9-12,17,19H,4,7-8,13-14,20H2. The molecule has 0 spiro atoms. The lowest BCUT2D eigenvalue weighted by Gasteiger charge is -2.27. The molecule has 0 aromatic heterocycles. The first-order chi connectivity index (χ1) is 10.3. The summed E-state index contributed by atoms with van der Waals surface area (Å²) < 4.78 is 6.05. The second kappa shape index (κ2) is 6.77. The Morgan fingerprint density at radius 2 is 1.62 bits per heavy atom. The summed E-state index contributed by atoms with van der Waals surface area (Å²) in [4.78, 5) is 0. The van der Waals surface area contributed by atoms with Gasteiger partial charge in [-0.3, -0.25) is 0 Å². The van der Waals surface area contributed by atoms with Crippen molar-refractivity contribution >= 4 is 0 Å². The molecule has 2 atom stereocenters. The Labute approximate surface area is 126 Å². The maximum Gasteiger partial charge on any atom is 0.119 e. The summed E-state index contributed by atoms with van der Waals surface area (Å²) in [5.41, 5.74) is 8.66. The first kappa shape index (κ1) is 14.2. The van der Waals surface area contributed by atoms with Gasteiger partial charge in [-0.15, -0.1) is 0 Å². The van der Waals surface area contributed by atoms with E-state index in [-0.39, 0.29) is 6.10 Å². The highest BCUT2D eigenvalue weighted by atomic mass is 16.5. The van der Waals surface area contributed by atoms with Crippen molar-refractivity contribution in [3.8, 4) is 5.75 Å². The van der Waals surface area contributed by atoms with E-state index in [9.17, 15) is 0 Å². The summed E-state index contributed by atoms with van der Waals surface area (Å²) in [6.07, 6.45) is 5.67. The molecule has 2 aromatic carbocycles. The minimum absolute atomic E-state index is 0.286. The quantitative estimate of drug-likeness (QED) is 0.921. The van der Waals surface area contributed by atoms with Gasteiger partial charge in [-0.2, -0.15) is 0 Å². The molecule has 1 fully saturated rings. The fourth-order valence-corrected chi connectivity index (χ4v) is 3.00. The molecule has 0 radical (unpaired) electrons. The highest BCUT2D eigenvalue weighted by molar-refractivity contribution is 5.31. The van der Waals surface area contributed by atoms with Crippen LogP contribution in [0.25, 0.3) is 0 Å². The molecular formula is C19H23NO. The van der Waals surface area contributed by atoms with E-state index in [1.807, 2.05) is 0 Å². The van der Waals surface area contributed by atoms with Crippen LogP contribution in [0.2, 0.25) is 0 Å². The van der Waals surface area contributed by atoms with Crippen molar-refractivity contribution in [2.45, 2.75) is 44.2 Å². The molecule has 0 heterocycles. The van der Waals surface area contributed by atoms with E-state index >= 15 is 0 Å². The zero-order valence-electron chi connectivity index (χ0n) is 12.4. The van der Waals surface area contributed by atoms with Gasteiger partial charge in [0.15, 0.2) is 0 Å². The summed E-state index contributed by atoms with van der Waals surface area (Å²) in [6.45, 7) is 0. The molecule has 2 heteroatoms. The Hall–Kier alpha value is -1.80. The molecular weight excluding hydrogens is 258 g/mol. The Morgan fingerprint density at radius 1 is 0.905 bits per heavy atom. The molecule has 0 aliphatic heterocycles. The van der Waals surface area contributed by atoms with Gasteiger partial charge < -0.3 is 10.5 Å². The van der Waals surface area contributed by atoms with Crippen LogP contribution in [0.15, 0.2) is 54.6 Å². The van der Waals surface area contributed by atoms with Crippen molar-refractivity contribution in [1.29, 1.82) is 0 Å². The predicted octanol–water partition coefficient (Wildman–Crippen LogP) is 3.93. The lowest BCUT2D eigenvalue weighted by Crippen LogP contribution is -2.33. The van der Waals surface area contributed by atoms with Crippen LogP contribution < -0.4 is 10.5 Å². The van der Waals surface area contributed by atoms with Gasteiger partial charge in [0.2, 0.25) is 0 Å². The van der Waals surface area contributed by atoms with Gasteiger partial charge in [0.1, 0.15) is 11.9 Å². The predicted molar refractivity (Wildman–Crippen MR) is 86.5 cm³/mol. The maximum absolute atomic E-state index is 6.05. The van der Waals surface area contributed by atoms with E-state index in [1.165, 1.54) is 17.5 Å². The molecule has 2 nitrogen and oxygen atoms in total. The van der Waals surface area contributed by atoms with Crippen LogP contribution >= 0.6 is 0 Å². The summed E-state index contributed by atoms with van der Waals surface area (Å²) >= 11 is 0. The second-order valence-electron chi connectivity index (χ2n) is 5.97. The topological polar surface area (TPSA) is 35.2 Å². The Bertz CT molecular complexity index is 550. The van der Waals surface area contributed by atoms with E-state index in [2.05, 4.69) is 54.6 Å². The molecule has 2 unspecified atom stereocenters. The fraction of sp³-hybridized carbons (Fsp3) is 0.368. The zero-order chi connectivity index (χ0) is 14.5. The third kappa shape index (κ3) is 4.08. The maximum atomic E-state index is 6.05. The van der Waals surface area contributed by atoms with Gasteiger partial charge in [-0.05, 0) is 55.4 Å². The van der Waals surface area contributed by atoms with Crippen LogP contribution in [-0.2, 0) is 6.42 Å². The number of hydrogen-bond donors (Lipinski definition) is 1. The summed E-state index contributed by atoms with van der Waals surface area (Å²) in [5.74, 6) is 0.964. The van der Waals surface area contributed by atoms with Gasteiger partial charge in [-0.1, -0.05) is 42.5 Å². The number of ether oxygens (including phenoxy) is 1. The number of nitrogens with two attached hydrogens (primary N) is 1. The van der Waals surface area contributed by atoms with Crippen molar-refractivity contribution < 1.29 is 4.74 Å². The molecule has 1 aliphatic rings. The molecule has 1 aliphatic carbocycles. The SMILES string of the molecule is NC1CCCC(Oc2ccc(Cc3ccccc3)cc2)C1. The number of rotatable bonds is 4. The van der Waals surface area contributed by atoms with E-state index in [0.717, 1.165) is 31.4 Å². The summed E-state index contributed by atoms with van der Waals surface area (Å²) in [7, 11) is 0. The number of benzene rings is 2. The molecule has 1 saturated carbocycles. The highest BCUT2D eigenvalue weighted by Crippen LogP contribution is 2.23. The van der Waals surface area contributed by atoms with Gasteiger partial charge in [0.25, 0.3) is 0 Å². The number of hydrogen-bond acceptors (Lipinski definition) is 2. The van der Waals surface area contributed by atoms with Crippen molar-refractivity contribution in [2.75, 3.05) is 0 Å². The molecule has 0 amide bonds. The molecule has 2 aromatic rings. The van der Waals surface area contributed by atoms with Crippen molar-refractivity contribution in [1.82, 2.24) is 0 Å². The molecule has 0 saturated heterocycles. The van der Waals surface area contributed by atoms with Crippen LogP contribution in [-0.4, -0.2) is 12.1 Å². The third-order valence-corrected chi connectivity index (χ3v) is 4.14. The average molecular weight is 281 g/mol. The normalized spacial score (nSPS) is 22.0. The van der Waals surface area contributed by atoms with Gasteiger partial charge >= 0.3 is 0 Å². The van der Waals surface area contributed by atoms with E-state index in [4.69, 9.17) is 10.5 Å². The molecule has 0 bridgehead atoms. The minimum Gasteiger partial charge on any atom is -0.490 e. The minimum atomic E-state index is 0.286. The zero-order valence-corrected chi connectivity index (χ0v) is 12.4. The first-order valence-corrected chi connectivity index (χ1v) is 7.85. The summed E-state index contributed by atoms with van der Waals surface area (Å²) in [5, 5.41) is 0. The van der Waals surface area contributed by atoms with E-state index in [0.29, 0.717) is 6.04 Å². The Balaban J connectivity index is 1.59. The van der Waals surface area contributed by atoms with Crippen LogP contribution in [0.4, 0.5) is 0 Å². The lowest BCUT2D eigenvalue weighted by atomic mass is 9.93. The first-order valence-electron chi connectivity index (χ1n) is 7.85. The van der Waals surface area contributed by atoms with Crippen molar-refractivity contribution in [3.05, 3.63) is 65.7 Å². The van der Waals surface area contributed by atoms with Crippen LogP contribution in [0.3, 0.4) is 0 Å². The lowest BCUT2D eigenvalue weighted by molar-refractivity contribution is 0.144. The third-order valence-electron chi connectivity index (χ3n) is 4.14. The van der Waals surface area contributed by atoms with Crippen molar-refractivity contribution in [3.63, 3.8) is 0 Å². The molecule has 2 N–H and O–H groups in total. The fourth-order valence-electron chi connectivity index (χ4n) is 3.00. The summed E-state index contributed by atoms with van der Waals surface area (Å²) in [6, 6.07) is 19.3.